The minimum absolute atomic E-state index is 0.0730. The molecule has 0 N–H and O–H groups in total. The van der Waals surface area contributed by atoms with Gasteiger partial charge in [-0.25, -0.2) is 0 Å². The van der Waals surface area contributed by atoms with Gasteiger partial charge < -0.3 is 14.2 Å². The average Bonchev–Trinajstić information content (AvgIpc) is 3.34. The Labute approximate surface area is 423 Å². The lowest BCUT2D eigenvalue weighted by Gasteiger charge is -2.18. The first-order valence-corrected chi connectivity index (χ1v) is 30.0. The molecule has 1 unspecified atom stereocenters. The van der Waals surface area contributed by atoms with Gasteiger partial charge in [-0.05, 0) is 57.8 Å². The predicted molar refractivity (Wildman–Crippen MR) is 293 cm³/mol. The van der Waals surface area contributed by atoms with Crippen LogP contribution in [0, 0.1) is 0 Å². The van der Waals surface area contributed by atoms with Crippen LogP contribution >= 0.6 is 0 Å². The van der Waals surface area contributed by atoms with Crippen LogP contribution in [0.15, 0.2) is 36.5 Å². The Kier molecular flexibility index (Phi) is 55.2. The Hall–Kier alpha value is -2.37. The van der Waals surface area contributed by atoms with E-state index in [9.17, 15) is 14.4 Å². The monoisotopic (exact) mass is 955 g/mol. The smallest absolute Gasteiger partial charge is 0.306 e. The molecule has 0 bridgehead atoms. The fraction of sp³-hybridized carbons (Fsp3) is 0.855. The van der Waals surface area contributed by atoms with Gasteiger partial charge in [0, 0.05) is 19.3 Å². The zero-order valence-electron chi connectivity index (χ0n) is 45.6. The average molecular weight is 956 g/mol. The van der Waals surface area contributed by atoms with Crippen molar-refractivity contribution in [3.8, 4) is 0 Å². The van der Waals surface area contributed by atoms with Crippen molar-refractivity contribution in [3.63, 3.8) is 0 Å². The van der Waals surface area contributed by atoms with Gasteiger partial charge in [-0.2, -0.15) is 0 Å². The summed E-state index contributed by atoms with van der Waals surface area (Å²) in [6.07, 6.45) is 68.6. The third-order valence-electron chi connectivity index (χ3n) is 13.4. The number of rotatable bonds is 55. The third-order valence-corrected chi connectivity index (χ3v) is 13.4. The zero-order valence-corrected chi connectivity index (χ0v) is 45.6. The Morgan fingerprint density at radius 1 is 0.294 bits per heavy atom. The van der Waals surface area contributed by atoms with E-state index in [1.165, 1.54) is 205 Å². The number of hydrogen-bond donors (Lipinski definition) is 0. The van der Waals surface area contributed by atoms with Crippen LogP contribution in [0.1, 0.15) is 323 Å². The van der Waals surface area contributed by atoms with E-state index in [1.54, 1.807) is 0 Å². The predicted octanol–water partition coefficient (Wildman–Crippen LogP) is 20.0. The molecule has 0 saturated heterocycles. The number of esters is 3. The van der Waals surface area contributed by atoms with Gasteiger partial charge in [0.2, 0.25) is 0 Å². The van der Waals surface area contributed by atoms with Crippen LogP contribution in [0.2, 0.25) is 0 Å². The van der Waals surface area contributed by atoms with Crippen molar-refractivity contribution < 1.29 is 28.6 Å². The molecule has 0 aliphatic rings. The Balaban J connectivity index is 4.22. The van der Waals surface area contributed by atoms with E-state index in [0.29, 0.717) is 19.3 Å². The van der Waals surface area contributed by atoms with Gasteiger partial charge in [0.05, 0.1) is 0 Å². The number of carbonyl (C=O) groups excluding carboxylic acids is 3. The fourth-order valence-corrected chi connectivity index (χ4v) is 8.86. The third kappa shape index (κ3) is 54.6. The second-order valence-electron chi connectivity index (χ2n) is 20.3. The molecule has 0 fully saturated rings. The summed E-state index contributed by atoms with van der Waals surface area (Å²) in [6.45, 7) is 6.63. The summed E-state index contributed by atoms with van der Waals surface area (Å²) in [4.78, 5) is 38.1. The minimum atomic E-state index is -0.774. The molecule has 0 spiro atoms. The van der Waals surface area contributed by atoms with Crippen molar-refractivity contribution in [2.24, 2.45) is 0 Å². The molecule has 0 aromatic carbocycles. The molecule has 0 aromatic rings. The normalized spacial score (nSPS) is 12.2. The molecule has 0 saturated carbocycles. The maximum Gasteiger partial charge on any atom is 0.306 e. The highest BCUT2D eigenvalue weighted by Gasteiger charge is 2.19. The molecule has 0 rings (SSSR count). The van der Waals surface area contributed by atoms with E-state index in [2.05, 4.69) is 57.2 Å². The maximum absolute atomic E-state index is 12.8. The largest absolute Gasteiger partial charge is 0.462 e. The number of allylic oxidation sites excluding steroid dienone is 6. The lowest BCUT2D eigenvalue weighted by atomic mass is 10.0. The molecule has 68 heavy (non-hydrogen) atoms. The first-order chi connectivity index (χ1) is 33.5. The number of unbranched alkanes of at least 4 members (excludes halogenated alkanes) is 38. The van der Waals surface area contributed by atoms with Crippen LogP contribution < -0.4 is 0 Å². The molecule has 0 aliphatic carbocycles. The summed E-state index contributed by atoms with van der Waals surface area (Å²) in [5.41, 5.74) is 0. The topological polar surface area (TPSA) is 78.9 Å². The highest BCUT2D eigenvalue weighted by atomic mass is 16.6. The van der Waals surface area contributed by atoms with Gasteiger partial charge in [-0.15, -0.1) is 0 Å². The van der Waals surface area contributed by atoms with Gasteiger partial charge in [0.25, 0.3) is 0 Å². The van der Waals surface area contributed by atoms with Crippen LogP contribution in [0.25, 0.3) is 0 Å². The fourth-order valence-electron chi connectivity index (χ4n) is 8.86. The molecule has 0 aliphatic heterocycles. The van der Waals surface area contributed by atoms with E-state index < -0.39 is 6.10 Å². The van der Waals surface area contributed by atoms with E-state index >= 15 is 0 Å². The van der Waals surface area contributed by atoms with Gasteiger partial charge in [0.15, 0.2) is 6.10 Å². The lowest BCUT2D eigenvalue weighted by Crippen LogP contribution is -2.30. The SMILES string of the molecule is CCCCC/C=C\C/C=C\C/C=C\CCCCCCCCC(=O)OC(COC(=O)CCCCCCCCCCC)COC(=O)CCCCCCCCCCCCCCCCCCCCCCCC. The molecule has 6 heteroatoms. The minimum Gasteiger partial charge on any atom is -0.462 e. The van der Waals surface area contributed by atoms with Crippen molar-refractivity contribution in [1.82, 2.24) is 0 Å². The maximum atomic E-state index is 12.8. The summed E-state index contributed by atoms with van der Waals surface area (Å²) < 4.78 is 16.8. The quantitative estimate of drug-likeness (QED) is 0.0262. The Bertz CT molecular complexity index is 1140. The Morgan fingerprint density at radius 2 is 0.529 bits per heavy atom. The molecule has 398 valence electrons. The molecule has 0 heterocycles. The summed E-state index contributed by atoms with van der Waals surface area (Å²) in [6, 6.07) is 0. The molecule has 6 nitrogen and oxygen atoms in total. The van der Waals surface area contributed by atoms with Gasteiger partial charge in [-0.3, -0.25) is 14.4 Å². The number of carbonyl (C=O) groups is 3. The molecular formula is C62H114O6. The number of hydrogen-bond acceptors (Lipinski definition) is 6. The van der Waals surface area contributed by atoms with E-state index in [1.807, 2.05) is 0 Å². The van der Waals surface area contributed by atoms with E-state index in [-0.39, 0.29) is 31.1 Å². The highest BCUT2D eigenvalue weighted by Crippen LogP contribution is 2.17. The second-order valence-corrected chi connectivity index (χ2v) is 20.3. The molecule has 0 aromatic heterocycles. The van der Waals surface area contributed by atoms with Crippen LogP contribution in [0.5, 0.6) is 0 Å². The molecule has 0 radical (unpaired) electrons. The first-order valence-electron chi connectivity index (χ1n) is 30.0. The first kappa shape index (κ1) is 65.6. The van der Waals surface area contributed by atoms with E-state index in [0.717, 1.165) is 77.0 Å². The van der Waals surface area contributed by atoms with Gasteiger partial charge in [0.1, 0.15) is 13.2 Å². The lowest BCUT2D eigenvalue weighted by molar-refractivity contribution is -0.167. The van der Waals surface area contributed by atoms with Crippen molar-refractivity contribution in [2.75, 3.05) is 13.2 Å². The summed E-state index contributed by atoms with van der Waals surface area (Å²) in [5, 5.41) is 0. The molecule has 0 amide bonds. The second kappa shape index (κ2) is 57.2. The van der Waals surface area contributed by atoms with Crippen LogP contribution in [-0.2, 0) is 28.6 Å². The zero-order chi connectivity index (χ0) is 49.3. The highest BCUT2D eigenvalue weighted by molar-refractivity contribution is 5.71. The standard InChI is InChI=1S/C62H114O6/c1-4-7-10-13-16-19-21-23-25-27-29-30-31-33-34-36-38-40-43-46-49-52-55-61(64)67-58-59(57-66-60(63)54-51-48-45-42-18-15-12-9-6-3)68-62(65)56-53-50-47-44-41-39-37-35-32-28-26-24-22-20-17-14-11-8-5-2/h17,20,24,26,32,35,59H,4-16,18-19,21-23,25,27-31,33-34,36-58H2,1-3H3/b20-17-,26-24-,35-32-. The molecular weight excluding hydrogens is 841 g/mol. The van der Waals surface area contributed by atoms with Crippen molar-refractivity contribution in [1.29, 1.82) is 0 Å². The van der Waals surface area contributed by atoms with Crippen molar-refractivity contribution in [2.45, 2.75) is 329 Å². The van der Waals surface area contributed by atoms with Gasteiger partial charge >= 0.3 is 17.9 Å². The number of ether oxygens (including phenoxy) is 3. The van der Waals surface area contributed by atoms with E-state index in [4.69, 9.17) is 14.2 Å². The van der Waals surface area contributed by atoms with Crippen LogP contribution in [0.3, 0.4) is 0 Å². The van der Waals surface area contributed by atoms with Crippen LogP contribution in [0.4, 0.5) is 0 Å². The van der Waals surface area contributed by atoms with Crippen molar-refractivity contribution in [3.05, 3.63) is 36.5 Å². The summed E-state index contributed by atoms with van der Waals surface area (Å²) in [7, 11) is 0. The Morgan fingerprint density at radius 3 is 0.853 bits per heavy atom. The van der Waals surface area contributed by atoms with Crippen molar-refractivity contribution >= 4 is 17.9 Å². The van der Waals surface area contributed by atoms with Crippen LogP contribution in [-0.4, -0.2) is 37.2 Å². The summed E-state index contributed by atoms with van der Waals surface area (Å²) >= 11 is 0. The molecule has 1 atom stereocenters. The van der Waals surface area contributed by atoms with Gasteiger partial charge in [-0.1, -0.05) is 282 Å². The summed E-state index contributed by atoms with van der Waals surface area (Å²) in [5.74, 6) is -0.870.